The number of nitrogens with zero attached hydrogens (tertiary/aromatic N) is 1. The molecule has 5 heteroatoms. The van der Waals surface area contributed by atoms with Gasteiger partial charge in [0.1, 0.15) is 6.04 Å². The predicted molar refractivity (Wildman–Crippen MR) is 55.6 cm³/mol. The summed E-state index contributed by atoms with van der Waals surface area (Å²) in [6.45, 7) is 2.18. The van der Waals surface area contributed by atoms with Crippen LogP contribution in [0, 0.1) is 5.92 Å². The molecule has 0 aromatic heterocycles. The highest BCUT2D eigenvalue weighted by Gasteiger charge is 2.22. The van der Waals surface area contributed by atoms with Crippen molar-refractivity contribution >= 4 is 12.0 Å². The van der Waals surface area contributed by atoms with Gasteiger partial charge >= 0.3 is 12.0 Å². The fourth-order valence-electron chi connectivity index (χ4n) is 1.50. The first-order chi connectivity index (χ1) is 7.00. The molecule has 0 radical (unpaired) electrons. The fourth-order valence-corrected chi connectivity index (χ4v) is 1.50. The van der Waals surface area contributed by atoms with Crippen LogP contribution in [-0.4, -0.2) is 41.6 Å². The maximum Gasteiger partial charge on any atom is 0.325 e. The van der Waals surface area contributed by atoms with Crippen LogP contribution in [0.3, 0.4) is 0 Å². The number of hydrogen-bond acceptors (Lipinski definition) is 2. The molecule has 15 heavy (non-hydrogen) atoms. The largest absolute Gasteiger partial charge is 0.480 e. The molecule has 1 fully saturated rings. The molecule has 0 aliphatic heterocycles. The zero-order chi connectivity index (χ0) is 11.4. The van der Waals surface area contributed by atoms with Crippen LogP contribution in [0.2, 0.25) is 0 Å². The molecule has 1 aliphatic carbocycles. The van der Waals surface area contributed by atoms with E-state index in [1.165, 1.54) is 26.2 Å². The molecule has 1 saturated carbocycles. The van der Waals surface area contributed by atoms with Gasteiger partial charge in [-0.15, -0.1) is 0 Å². The van der Waals surface area contributed by atoms with Gasteiger partial charge in [-0.3, -0.25) is 4.79 Å². The molecule has 2 N–H and O–H groups in total. The summed E-state index contributed by atoms with van der Waals surface area (Å²) < 4.78 is 0. The second kappa shape index (κ2) is 5.00. The molecule has 2 amide bonds. The standard InChI is InChI=1S/C10H18N2O3/c1-7(9(13)14)11-10(15)12(2)6-8-4-3-5-8/h7-8H,3-6H2,1-2H3,(H,11,15)(H,13,14)/t7-/m0/s1. The summed E-state index contributed by atoms with van der Waals surface area (Å²) in [6, 6.07) is -1.14. The Labute approximate surface area is 89.4 Å². The maximum atomic E-state index is 11.5. The van der Waals surface area contributed by atoms with Crippen LogP contribution in [0.4, 0.5) is 4.79 Å². The van der Waals surface area contributed by atoms with Gasteiger partial charge in [0.25, 0.3) is 0 Å². The Kier molecular flexibility index (Phi) is 3.94. The fraction of sp³-hybridized carbons (Fsp3) is 0.800. The number of rotatable bonds is 4. The average molecular weight is 214 g/mol. The van der Waals surface area contributed by atoms with E-state index in [2.05, 4.69) is 5.32 Å². The minimum absolute atomic E-state index is 0.309. The first-order valence-corrected chi connectivity index (χ1v) is 5.25. The molecule has 1 rings (SSSR count). The van der Waals surface area contributed by atoms with Gasteiger partial charge in [0.15, 0.2) is 0 Å². The highest BCUT2D eigenvalue weighted by molar-refractivity contribution is 5.82. The van der Waals surface area contributed by atoms with Crippen LogP contribution < -0.4 is 5.32 Å². The van der Waals surface area contributed by atoms with Crippen molar-refractivity contribution in [3.63, 3.8) is 0 Å². The van der Waals surface area contributed by atoms with Gasteiger partial charge in [0, 0.05) is 13.6 Å². The summed E-state index contributed by atoms with van der Waals surface area (Å²) in [6.07, 6.45) is 3.59. The van der Waals surface area contributed by atoms with Crippen molar-refractivity contribution in [2.75, 3.05) is 13.6 Å². The van der Waals surface area contributed by atoms with Gasteiger partial charge in [-0.2, -0.15) is 0 Å². The van der Waals surface area contributed by atoms with Crippen molar-refractivity contribution in [1.29, 1.82) is 0 Å². The number of aliphatic carboxylic acids is 1. The number of carboxylic acid groups (broad SMARTS) is 1. The van der Waals surface area contributed by atoms with E-state index in [0.29, 0.717) is 5.92 Å². The Morgan fingerprint density at radius 1 is 1.53 bits per heavy atom. The second-order valence-electron chi connectivity index (χ2n) is 4.19. The van der Waals surface area contributed by atoms with Crippen LogP contribution in [0.1, 0.15) is 26.2 Å². The monoisotopic (exact) mass is 214 g/mol. The summed E-state index contributed by atoms with van der Waals surface area (Å²) in [4.78, 5) is 23.6. The first-order valence-electron chi connectivity index (χ1n) is 5.25. The van der Waals surface area contributed by atoms with Gasteiger partial charge < -0.3 is 15.3 Å². The van der Waals surface area contributed by atoms with E-state index < -0.39 is 12.0 Å². The third-order valence-corrected chi connectivity index (χ3v) is 2.81. The van der Waals surface area contributed by atoms with Gasteiger partial charge in [-0.25, -0.2) is 4.79 Å². The van der Waals surface area contributed by atoms with E-state index in [1.54, 1.807) is 11.9 Å². The van der Waals surface area contributed by atoms with Crippen molar-refractivity contribution in [3.8, 4) is 0 Å². The van der Waals surface area contributed by atoms with E-state index in [4.69, 9.17) is 5.11 Å². The Hall–Kier alpha value is -1.26. The third kappa shape index (κ3) is 3.42. The lowest BCUT2D eigenvalue weighted by Crippen LogP contribution is -2.46. The zero-order valence-electron chi connectivity index (χ0n) is 9.19. The minimum Gasteiger partial charge on any atom is -0.480 e. The normalized spacial score (nSPS) is 17.7. The topological polar surface area (TPSA) is 69.6 Å². The number of carbonyl (C=O) groups excluding carboxylic acids is 1. The molecule has 0 saturated heterocycles. The molecule has 0 aromatic carbocycles. The number of hydrogen-bond donors (Lipinski definition) is 2. The Morgan fingerprint density at radius 2 is 2.13 bits per heavy atom. The van der Waals surface area contributed by atoms with Crippen LogP contribution in [-0.2, 0) is 4.79 Å². The molecule has 0 heterocycles. The lowest BCUT2D eigenvalue weighted by atomic mass is 9.85. The van der Waals surface area contributed by atoms with Crippen molar-refractivity contribution in [1.82, 2.24) is 10.2 Å². The van der Waals surface area contributed by atoms with E-state index in [1.807, 2.05) is 0 Å². The van der Waals surface area contributed by atoms with Crippen LogP contribution in [0.15, 0.2) is 0 Å². The lowest BCUT2D eigenvalue weighted by molar-refractivity contribution is -0.138. The maximum absolute atomic E-state index is 11.5. The highest BCUT2D eigenvalue weighted by atomic mass is 16.4. The molecule has 0 spiro atoms. The van der Waals surface area contributed by atoms with Crippen LogP contribution in [0.5, 0.6) is 0 Å². The van der Waals surface area contributed by atoms with E-state index in [9.17, 15) is 9.59 Å². The molecule has 0 aromatic rings. The smallest absolute Gasteiger partial charge is 0.325 e. The SMILES string of the molecule is C[C@H](NC(=O)N(C)CC1CCC1)C(=O)O. The van der Waals surface area contributed by atoms with E-state index >= 15 is 0 Å². The van der Waals surface area contributed by atoms with Gasteiger partial charge in [-0.05, 0) is 25.7 Å². The molecule has 5 nitrogen and oxygen atoms in total. The minimum atomic E-state index is -1.01. The summed E-state index contributed by atoms with van der Waals surface area (Å²) in [5.41, 5.74) is 0. The lowest BCUT2D eigenvalue weighted by Gasteiger charge is -2.30. The number of nitrogens with one attached hydrogen (secondary N) is 1. The Morgan fingerprint density at radius 3 is 2.53 bits per heavy atom. The van der Waals surface area contributed by atoms with Crippen molar-refractivity contribution < 1.29 is 14.7 Å². The van der Waals surface area contributed by atoms with Crippen molar-refractivity contribution in [3.05, 3.63) is 0 Å². The highest BCUT2D eigenvalue weighted by Crippen LogP contribution is 2.26. The third-order valence-electron chi connectivity index (χ3n) is 2.81. The summed E-state index contributed by atoms with van der Waals surface area (Å²) in [5, 5.41) is 11.0. The molecule has 1 aliphatic rings. The molecule has 0 bridgehead atoms. The summed E-state index contributed by atoms with van der Waals surface area (Å²) >= 11 is 0. The number of urea groups is 1. The Balaban J connectivity index is 2.28. The molecule has 1 atom stereocenters. The molecule has 86 valence electrons. The summed E-state index contributed by atoms with van der Waals surface area (Å²) in [7, 11) is 1.70. The first kappa shape index (κ1) is 11.8. The quantitative estimate of drug-likeness (QED) is 0.730. The van der Waals surface area contributed by atoms with Gasteiger partial charge in [0.05, 0.1) is 0 Å². The zero-order valence-corrected chi connectivity index (χ0v) is 9.19. The molecule has 0 unspecified atom stereocenters. The van der Waals surface area contributed by atoms with Gasteiger partial charge in [0.2, 0.25) is 0 Å². The number of amides is 2. The number of carbonyl (C=O) groups is 2. The van der Waals surface area contributed by atoms with Crippen molar-refractivity contribution in [2.24, 2.45) is 5.92 Å². The Bertz CT molecular complexity index is 251. The van der Waals surface area contributed by atoms with Crippen LogP contribution in [0.25, 0.3) is 0 Å². The molecular weight excluding hydrogens is 196 g/mol. The molecular formula is C10H18N2O3. The van der Waals surface area contributed by atoms with Gasteiger partial charge in [-0.1, -0.05) is 6.42 Å². The average Bonchev–Trinajstić information content (AvgIpc) is 2.10. The predicted octanol–water partition coefficient (Wildman–Crippen LogP) is 0.901. The second-order valence-corrected chi connectivity index (χ2v) is 4.19. The van der Waals surface area contributed by atoms with E-state index in [-0.39, 0.29) is 6.03 Å². The van der Waals surface area contributed by atoms with Crippen molar-refractivity contribution in [2.45, 2.75) is 32.2 Å². The summed E-state index contributed by atoms with van der Waals surface area (Å²) in [5.74, 6) is -0.415. The van der Waals surface area contributed by atoms with E-state index in [0.717, 1.165) is 6.54 Å². The number of carboxylic acids is 1. The van der Waals surface area contributed by atoms with Crippen LogP contribution >= 0.6 is 0 Å².